The molecule has 0 radical (unpaired) electrons. The van der Waals surface area contributed by atoms with Gasteiger partial charge in [-0.05, 0) is 96.9 Å². The number of halogens is 2. The van der Waals surface area contributed by atoms with E-state index in [-0.39, 0.29) is 27.7 Å². The number of rotatable bonds is 8. The van der Waals surface area contributed by atoms with Crippen molar-refractivity contribution in [3.05, 3.63) is 37.2 Å². The number of nitro groups is 1. The summed E-state index contributed by atoms with van der Waals surface area (Å²) >= 11 is 9.77. The van der Waals surface area contributed by atoms with Crippen molar-refractivity contribution < 1.29 is 9.72 Å². The highest BCUT2D eigenvalue weighted by atomic mass is 79.9. The molecular weight excluding hydrogens is 524 g/mol. The third kappa shape index (κ3) is 4.17. The van der Waals surface area contributed by atoms with Crippen LogP contribution < -0.4 is 5.32 Å². The molecule has 1 amide bonds. The van der Waals surface area contributed by atoms with E-state index in [4.69, 9.17) is 11.6 Å². The Bertz CT molecular complexity index is 1110. The molecule has 4 fully saturated rings. The Morgan fingerprint density at radius 1 is 1.29 bits per heavy atom. The fourth-order valence-electron chi connectivity index (χ4n) is 7.38. The summed E-state index contributed by atoms with van der Waals surface area (Å²) in [5.74, 6) is 0.881. The summed E-state index contributed by atoms with van der Waals surface area (Å²) in [6.07, 6.45) is 9.31. The maximum atomic E-state index is 13.0. The minimum Gasteiger partial charge on any atom is -0.358 e. The number of aryl methyl sites for hydroxylation is 2. The number of carbonyl (C=O) groups is 1. The van der Waals surface area contributed by atoms with Crippen molar-refractivity contribution in [2.75, 3.05) is 6.54 Å². The number of aromatic nitrogens is 4. The van der Waals surface area contributed by atoms with Crippen molar-refractivity contribution in [3.8, 4) is 0 Å². The number of hydrogen-bond acceptors (Lipinski definition) is 5. The van der Waals surface area contributed by atoms with E-state index in [0.29, 0.717) is 30.5 Å². The second kappa shape index (κ2) is 8.62. The van der Waals surface area contributed by atoms with Gasteiger partial charge in [0.15, 0.2) is 5.02 Å². The lowest BCUT2D eigenvalue weighted by molar-refractivity contribution is -0.389. The number of nitrogens with zero attached hydrogens (tertiary/aromatic N) is 5. The normalized spacial score (nSPS) is 29.5. The topological polar surface area (TPSA) is 108 Å². The van der Waals surface area contributed by atoms with Crippen LogP contribution in [0.1, 0.15) is 62.8 Å². The van der Waals surface area contributed by atoms with Gasteiger partial charge in [-0.25, -0.2) is 0 Å². The fourth-order valence-corrected chi connectivity index (χ4v) is 7.89. The van der Waals surface area contributed by atoms with Crippen molar-refractivity contribution in [1.82, 2.24) is 24.9 Å². The van der Waals surface area contributed by atoms with Crippen LogP contribution in [0.2, 0.25) is 5.02 Å². The molecule has 34 heavy (non-hydrogen) atoms. The second-order valence-electron chi connectivity index (χ2n) is 10.8. The molecule has 0 aromatic carbocycles. The van der Waals surface area contributed by atoms with E-state index in [1.54, 1.807) is 0 Å². The summed E-state index contributed by atoms with van der Waals surface area (Å²) in [4.78, 5) is 23.9. The van der Waals surface area contributed by atoms with Gasteiger partial charge >= 0.3 is 5.82 Å². The monoisotopic (exact) mass is 552 g/mol. The molecule has 4 saturated carbocycles. The summed E-state index contributed by atoms with van der Waals surface area (Å²) in [6, 6.07) is 0. The molecule has 6 rings (SSSR count). The lowest BCUT2D eigenvalue weighted by Crippen LogP contribution is -2.58. The van der Waals surface area contributed by atoms with Crippen molar-refractivity contribution in [3.63, 3.8) is 0 Å². The molecule has 2 aromatic rings. The minimum atomic E-state index is -0.501. The minimum absolute atomic E-state index is 0.0717. The number of hydrogen-bond donors (Lipinski definition) is 1. The van der Waals surface area contributed by atoms with Crippen LogP contribution in [0.15, 0.2) is 10.7 Å². The first-order valence-electron chi connectivity index (χ1n) is 12.0. The zero-order chi connectivity index (χ0) is 24.3. The highest BCUT2D eigenvalue weighted by Gasteiger charge is 2.60. The largest absolute Gasteiger partial charge is 0.408 e. The average molecular weight is 554 g/mol. The predicted molar refractivity (Wildman–Crippen MR) is 131 cm³/mol. The molecule has 184 valence electrons. The molecule has 2 heterocycles. The lowest BCUT2D eigenvalue weighted by atomic mass is 9.46. The van der Waals surface area contributed by atoms with Crippen molar-refractivity contribution in [2.24, 2.45) is 17.3 Å². The van der Waals surface area contributed by atoms with E-state index in [9.17, 15) is 14.9 Å². The molecule has 0 aliphatic heterocycles. The average Bonchev–Trinajstić information content (AvgIpc) is 3.22. The quantitative estimate of drug-likeness (QED) is 0.284. The number of nitrogens with one attached hydrogen (secondary N) is 1. The molecule has 4 bridgehead atoms. The van der Waals surface area contributed by atoms with Crippen LogP contribution in [0.25, 0.3) is 0 Å². The van der Waals surface area contributed by atoms with Crippen molar-refractivity contribution in [2.45, 2.75) is 77.3 Å². The van der Waals surface area contributed by atoms with Crippen LogP contribution in [0.4, 0.5) is 5.82 Å². The van der Waals surface area contributed by atoms with Crippen LogP contribution in [-0.4, -0.2) is 36.9 Å². The number of carbonyl (C=O) groups excluding carboxylic acids is 1. The maximum Gasteiger partial charge on any atom is 0.408 e. The molecule has 0 spiro atoms. The van der Waals surface area contributed by atoms with Crippen molar-refractivity contribution in [1.29, 1.82) is 0 Å². The van der Waals surface area contributed by atoms with Crippen LogP contribution in [0, 0.1) is 41.2 Å². The Morgan fingerprint density at radius 2 is 2.00 bits per heavy atom. The Hall–Kier alpha value is -1.94. The zero-order valence-corrected chi connectivity index (χ0v) is 21.9. The first-order chi connectivity index (χ1) is 16.1. The van der Waals surface area contributed by atoms with Gasteiger partial charge in [-0.15, -0.1) is 0 Å². The van der Waals surface area contributed by atoms with Gasteiger partial charge in [-0.2, -0.15) is 9.78 Å². The molecule has 0 saturated heterocycles. The van der Waals surface area contributed by atoms with Gasteiger partial charge in [0.2, 0.25) is 5.91 Å². The molecule has 9 nitrogen and oxygen atoms in total. The van der Waals surface area contributed by atoms with E-state index in [0.717, 1.165) is 55.2 Å². The van der Waals surface area contributed by atoms with Crippen LogP contribution in [0.3, 0.4) is 0 Å². The van der Waals surface area contributed by atoms with E-state index in [1.807, 2.05) is 29.4 Å². The van der Waals surface area contributed by atoms with Gasteiger partial charge < -0.3 is 15.4 Å². The molecule has 2 unspecified atom stereocenters. The Kier molecular flexibility index (Phi) is 6.03. The first-order valence-corrected chi connectivity index (χ1v) is 13.1. The standard InChI is InChI=1S/C23H30BrClN6O3/c1-14-18(24)12-29(27-14)5-3-4-26-19(32)11-22-7-16-6-17(8-22)10-23(9-16,13-22)30-15(2)20(25)21(28-30)31(33)34/h12,16-17H,3-11,13H2,1-2H3,(H,26,32). The third-order valence-corrected chi connectivity index (χ3v) is 9.33. The summed E-state index contributed by atoms with van der Waals surface area (Å²) in [6.45, 7) is 5.14. The summed E-state index contributed by atoms with van der Waals surface area (Å²) in [5.41, 5.74) is 1.27. The molecular formula is C23H30BrClN6O3. The van der Waals surface area contributed by atoms with Gasteiger partial charge in [0.1, 0.15) is 0 Å². The summed E-state index contributed by atoms with van der Waals surface area (Å²) in [7, 11) is 0. The van der Waals surface area contributed by atoms with Gasteiger partial charge in [-0.3, -0.25) is 9.48 Å². The van der Waals surface area contributed by atoms with E-state index < -0.39 is 4.92 Å². The Morgan fingerprint density at radius 3 is 2.59 bits per heavy atom. The van der Waals surface area contributed by atoms with Gasteiger partial charge in [0, 0.05) is 25.7 Å². The Labute approximate surface area is 211 Å². The van der Waals surface area contributed by atoms with Crippen molar-refractivity contribution >= 4 is 39.3 Å². The zero-order valence-electron chi connectivity index (χ0n) is 19.5. The van der Waals surface area contributed by atoms with Gasteiger partial charge in [0.25, 0.3) is 0 Å². The molecule has 2 atom stereocenters. The van der Waals surface area contributed by atoms with E-state index in [2.05, 4.69) is 31.4 Å². The molecule has 11 heteroatoms. The number of amides is 1. The molecule has 4 aliphatic carbocycles. The summed E-state index contributed by atoms with van der Waals surface area (Å²) < 4.78 is 4.73. The highest BCUT2D eigenvalue weighted by Crippen LogP contribution is 2.65. The summed E-state index contributed by atoms with van der Waals surface area (Å²) in [5, 5.41) is 23.5. The van der Waals surface area contributed by atoms with Crippen LogP contribution >= 0.6 is 27.5 Å². The first kappa shape index (κ1) is 23.8. The van der Waals surface area contributed by atoms with E-state index in [1.165, 1.54) is 6.42 Å². The van der Waals surface area contributed by atoms with Crippen LogP contribution in [0.5, 0.6) is 0 Å². The fraction of sp³-hybridized carbons (Fsp3) is 0.696. The SMILES string of the molecule is Cc1nn(CCCNC(=O)CC23CC4CC(C2)CC(n2nc([N+](=O)[O-])c(Cl)c2C)(C4)C3)cc1Br. The van der Waals surface area contributed by atoms with E-state index >= 15 is 0 Å². The lowest BCUT2D eigenvalue weighted by Gasteiger charge is -2.61. The van der Waals surface area contributed by atoms with Gasteiger partial charge in [0.05, 0.1) is 26.5 Å². The molecule has 1 N–H and O–H groups in total. The predicted octanol–water partition coefficient (Wildman–Crippen LogP) is 4.91. The smallest absolute Gasteiger partial charge is 0.358 e. The van der Waals surface area contributed by atoms with Crippen LogP contribution in [-0.2, 0) is 16.9 Å². The van der Waals surface area contributed by atoms with Gasteiger partial charge in [-0.1, -0.05) is 11.6 Å². The second-order valence-corrected chi connectivity index (χ2v) is 12.0. The molecule has 2 aromatic heterocycles. The third-order valence-electron chi connectivity index (χ3n) is 8.11. The Balaban J connectivity index is 1.26. The highest BCUT2D eigenvalue weighted by molar-refractivity contribution is 9.10. The maximum absolute atomic E-state index is 13.0. The molecule has 4 aliphatic rings.